The van der Waals surface area contributed by atoms with E-state index in [1.807, 2.05) is 62.3 Å². The fourth-order valence-electron chi connectivity index (χ4n) is 4.24. The third-order valence-corrected chi connectivity index (χ3v) is 19.0. The minimum absolute atomic E-state index is 0. The number of ether oxygens (including phenoxy) is 5. The molecule has 66 heavy (non-hydrogen) atoms. The molecule has 0 aromatic rings. The number of esters is 3. The first-order valence-corrected chi connectivity index (χ1v) is 30.1. The largest absolute Gasteiger partial charge is 1.00 e. The van der Waals surface area contributed by atoms with Crippen LogP contribution >= 0.6 is 0 Å². The van der Waals surface area contributed by atoms with Gasteiger partial charge in [-0.2, -0.15) is 13.2 Å². The van der Waals surface area contributed by atoms with E-state index in [1.165, 1.54) is 38.8 Å². The summed E-state index contributed by atoms with van der Waals surface area (Å²) in [6.45, 7) is 35.6. The zero-order valence-electron chi connectivity index (χ0n) is 44.1. The molecule has 0 rings (SSSR count). The van der Waals surface area contributed by atoms with E-state index >= 15 is 0 Å². The molecule has 0 unspecified atom stereocenters. The normalized spacial score (nSPS) is 12.2. The first-order valence-electron chi connectivity index (χ1n) is 22.4. The van der Waals surface area contributed by atoms with E-state index in [1.54, 1.807) is 14.0 Å². The summed E-state index contributed by atoms with van der Waals surface area (Å²) < 4.78 is 90.7. The summed E-state index contributed by atoms with van der Waals surface area (Å²) in [6, 6.07) is 2.31. The Morgan fingerprint density at radius 1 is 0.606 bits per heavy atom. The van der Waals surface area contributed by atoms with Gasteiger partial charge in [-0.25, -0.2) is 18.2 Å². The van der Waals surface area contributed by atoms with Gasteiger partial charge in [-0.05, 0) is 112 Å². The molecule has 0 aliphatic rings. The summed E-state index contributed by atoms with van der Waals surface area (Å²) in [7, 11) is -7.26. The average Bonchev–Trinajstić information content (AvgIpc) is 3.20. The number of alkyl halides is 3. The molecule has 0 aromatic heterocycles. The summed E-state index contributed by atoms with van der Waals surface area (Å²) in [5.74, 6) is -1.79. The molecule has 0 N–H and O–H groups in total. The number of hydrogen-bond acceptors (Lipinski definition) is 14. The van der Waals surface area contributed by atoms with E-state index < -0.39 is 54.3 Å². The van der Waals surface area contributed by atoms with Gasteiger partial charge in [0.1, 0.15) is 13.2 Å². The Bertz CT molecular complexity index is 1540. The van der Waals surface area contributed by atoms with Crippen LogP contribution in [0.2, 0.25) is 38.3 Å². The van der Waals surface area contributed by atoms with Gasteiger partial charge < -0.3 is 37.3 Å². The Kier molecular flexibility index (Phi) is 40.3. The Hall–Kier alpha value is -1.05. The molecule has 0 aromatic carbocycles. The minimum Gasteiger partial charge on any atom is -0.538 e. The predicted octanol–water partition coefficient (Wildman–Crippen LogP) is 7.69. The number of isocyanates is 1. The molecule has 0 fully saturated rings. The Labute approximate surface area is 441 Å². The molecule has 0 atom stereocenters. The van der Waals surface area contributed by atoms with Crippen LogP contribution in [0.3, 0.4) is 0 Å². The van der Waals surface area contributed by atoms with Gasteiger partial charge in [-0.1, -0.05) is 61.3 Å². The quantitative estimate of drug-likeness (QED) is 0.0194. The van der Waals surface area contributed by atoms with Crippen molar-refractivity contribution in [1.29, 1.82) is 0 Å². The molecule has 15 nitrogen and oxygen atoms in total. The van der Waals surface area contributed by atoms with Crippen molar-refractivity contribution < 1.29 is 125 Å². The van der Waals surface area contributed by atoms with Crippen molar-refractivity contribution in [3.05, 3.63) is 4.72 Å². The second-order valence-corrected chi connectivity index (χ2v) is 29.5. The van der Waals surface area contributed by atoms with Gasteiger partial charge in [0.05, 0.1) is 55.1 Å². The first-order chi connectivity index (χ1) is 29.5. The molecule has 22 heteroatoms. The summed E-state index contributed by atoms with van der Waals surface area (Å²) in [6.07, 6.45) is 7.32. The molecule has 0 saturated heterocycles. The molecule has 0 aliphatic heterocycles. The zero-order chi connectivity index (χ0) is 52.0. The average molecular weight is 1040 g/mol. The van der Waals surface area contributed by atoms with Gasteiger partial charge in [0.25, 0.3) is 0 Å². The van der Waals surface area contributed by atoms with E-state index in [-0.39, 0.29) is 94.3 Å². The first kappa shape index (κ1) is 73.9. The van der Waals surface area contributed by atoms with E-state index in [0.717, 1.165) is 31.7 Å². The van der Waals surface area contributed by atoms with Crippen molar-refractivity contribution in [1.82, 2.24) is 0 Å². The predicted molar refractivity (Wildman–Crippen MR) is 253 cm³/mol. The number of methoxy groups -OCH3 is 1. The number of aliphatic imine (C=N–C) groups is 1. The fourth-order valence-corrected chi connectivity index (χ4v) is 13.8. The van der Waals surface area contributed by atoms with Crippen LogP contribution in [0.1, 0.15) is 135 Å². The van der Waals surface area contributed by atoms with Gasteiger partial charge in [-0.15, -0.1) is 0 Å². The monoisotopic (exact) mass is 1030 g/mol. The van der Waals surface area contributed by atoms with Gasteiger partial charge >= 0.3 is 74.8 Å². The van der Waals surface area contributed by atoms with Crippen LogP contribution in [-0.4, -0.2) is 114 Å². The SMILES string of the molecule is CCC(C)(C)C(=O)OCCN=C=O.CCC(C)(C)C(=O)OCCOCCOC.CCC(C)(C)C(=O)[N-]S(=O)(=O)C(F)(F)F.CCCC[Si](C)(C)O[Si](C)(C)CCCOC(=O)C(C)(C)CC.[K+]. The van der Waals surface area contributed by atoms with E-state index in [2.05, 4.69) is 42.8 Å². The summed E-state index contributed by atoms with van der Waals surface area (Å²) in [5, 5.41) is 0. The number of nitrogens with zero attached hydrogens (tertiary/aromatic N) is 2. The second-order valence-electron chi connectivity index (χ2n) is 19.1. The molecule has 0 heterocycles. The topological polar surface area (TPSA) is 201 Å². The fraction of sp³-hybridized carbons (Fsp3) is 0.886. The standard InChI is InChI=1S/C17H38O3Si2.C11H22O4.C9H15NO3.C7H12F3NO3S.K/c1-9-11-14-21(5,6)20-22(7,8)15-12-13-19-16(18)17(3,4)10-2;1-5-11(2,3)10(12)15-9-8-14-7-6-13-4;1-4-9(2,3)8(12)13-6-5-10-7-11;1-4-6(2,3)5(12)11-15(13,14)7(8,9)10;/h9-15H2,1-8H3;5-9H2,1-4H3;4-6H2,1-3H3;4H2,1-3H3,(H,11,12);/q;;;;+1/p-1. The minimum atomic E-state index is -5.71. The number of carbonyl (C=O) groups excluding carboxylic acids is 5. The van der Waals surface area contributed by atoms with Crippen LogP contribution in [0, 0.1) is 21.7 Å². The Morgan fingerprint density at radius 3 is 1.35 bits per heavy atom. The van der Waals surface area contributed by atoms with Crippen molar-refractivity contribution in [2.24, 2.45) is 26.7 Å². The number of rotatable bonds is 27. The summed E-state index contributed by atoms with van der Waals surface area (Å²) >= 11 is 0. The van der Waals surface area contributed by atoms with Crippen molar-refractivity contribution in [2.45, 2.75) is 179 Å². The van der Waals surface area contributed by atoms with Crippen LogP contribution < -0.4 is 51.4 Å². The number of hydrogen-bond donors (Lipinski definition) is 0. The van der Waals surface area contributed by atoms with Gasteiger partial charge in [0.15, 0.2) is 26.7 Å². The molecule has 1 amide bonds. The smallest absolute Gasteiger partial charge is 0.538 e. The molecule has 0 aliphatic carbocycles. The molecule has 0 radical (unpaired) electrons. The third-order valence-electron chi connectivity index (χ3n) is 10.5. The summed E-state index contributed by atoms with van der Waals surface area (Å²) in [5.41, 5.74) is -7.94. The maximum Gasteiger partial charge on any atom is 1.00 e. The van der Waals surface area contributed by atoms with Crippen LogP contribution in [0.5, 0.6) is 0 Å². The van der Waals surface area contributed by atoms with Gasteiger partial charge in [0, 0.05) is 12.5 Å². The molecule has 0 saturated carbocycles. The molecule has 0 bridgehead atoms. The molecular formula is C44H86F3KN2O13SSi2. The number of amides is 1. The van der Waals surface area contributed by atoms with E-state index in [0.29, 0.717) is 33.0 Å². The maximum atomic E-state index is 11.9. The number of halogens is 3. The summed E-state index contributed by atoms with van der Waals surface area (Å²) in [4.78, 5) is 58.8. The molecular weight excluding hydrogens is 949 g/mol. The number of carbonyl (C=O) groups is 4. The number of sulfonamides is 1. The molecule has 0 spiro atoms. The second kappa shape index (κ2) is 36.0. The Morgan fingerprint density at radius 2 is 0.985 bits per heavy atom. The van der Waals surface area contributed by atoms with Crippen LogP contribution in [0.15, 0.2) is 4.99 Å². The van der Waals surface area contributed by atoms with Crippen molar-refractivity contribution >= 4 is 56.6 Å². The van der Waals surface area contributed by atoms with Crippen LogP contribution in [-0.2, 0) is 61.8 Å². The number of unbranched alkanes of at least 4 members (excludes halogenated alkanes) is 1. The van der Waals surface area contributed by atoms with Crippen LogP contribution in [0.25, 0.3) is 4.72 Å². The van der Waals surface area contributed by atoms with E-state index in [9.17, 15) is 45.6 Å². The van der Waals surface area contributed by atoms with E-state index in [4.69, 9.17) is 27.8 Å². The maximum absolute atomic E-state index is 11.9. The van der Waals surface area contributed by atoms with Crippen LogP contribution in [0.4, 0.5) is 13.2 Å². The van der Waals surface area contributed by atoms with Crippen molar-refractivity contribution in [3.63, 3.8) is 0 Å². The van der Waals surface area contributed by atoms with Crippen molar-refractivity contribution in [3.8, 4) is 0 Å². The molecule has 386 valence electrons. The third kappa shape index (κ3) is 36.0. The van der Waals surface area contributed by atoms with Crippen molar-refractivity contribution in [2.75, 3.05) is 53.3 Å². The Balaban J connectivity index is -0.000000255. The van der Waals surface area contributed by atoms with Gasteiger partial charge in [0.2, 0.25) is 6.08 Å². The van der Waals surface area contributed by atoms with Gasteiger partial charge in [-0.3, -0.25) is 14.4 Å². The zero-order valence-corrected chi connectivity index (χ0v) is 50.0.